The third-order valence-corrected chi connectivity index (χ3v) is 4.68. The summed E-state index contributed by atoms with van der Waals surface area (Å²) < 4.78 is 0. The molecule has 150 valence electrons. The first-order chi connectivity index (χ1) is 12.8. The van der Waals surface area contributed by atoms with Crippen LogP contribution in [0.1, 0.15) is 122 Å². The van der Waals surface area contributed by atoms with E-state index < -0.39 is 5.97 Å². The van der Waals surface area contributed by atoms with Gasteiger partial charge in [-0.1, -0.05) is 102 Å². The van der Waals surface area contributed by atoms with Crippen LogP contribution in [0.3, 0.4) is 0 Å². The molecule has 0 aromatic carbocycles. The van der Waals surface area contributed by atoms with Gasteiger partial charge in [-0.15, -0.1) is 5.92 Å². The third-order valence-electron chi connectivity index (χ3n) is 4.68. The van der Waals surface area contributed by atoms with Gasteiger partial charge in [-0.25, -0.2) is 0 Å². The summed E-state index contributed by atoms with van der Waals surface area (Å²) in [6.45, 7) is 2.28. The highest BCUT2D eigenvalue weighted by Gasteiger charge is 1.94. The molecule has 0 fully saturated rings. The van der Waals surface area contributed by atoms with Gasteiger partial charge in [0.1, 0.15) is 0 Å². The summed E-state index contributed by atoms with van der Waals surface area (Å²) in [6, 6.07) is 0. The molecule has 2 heteroatoms. The highest BCUT2D eigenvalue weighted by molar-refractivity contribution is 5.66. The van der Waals surface area contributed by atoms with E-state index in [0.29, 0.717) is 12.8 Å². The average molecular weight is 363 g/mol. The molecule has 1 N–H and O–H groups in total. The Bertz CT molecular complexity index is 387. The number of carbonyl (C=O) groups is 1. The second-order valence-electron chi connectivity index (χ2n) is 7.31. The number of hydrogen-bond donors (Lipinski definition) is 1. The number of unbranched alkanes of at least 4 members (excludes halogenated alkanes) is 14. The van der Waals surface area contributed by atoms with Gasteiger partial charge in [0.05, 0.1) is 0 Å². The number of carboxylic acids is 1. The van der Waals surface area contributed by atoms with Crippen molar-refractivity contribution in [2.24, 2.45) is 0 Å². The molecule has 0 aliphatic carbocycles. The zero-order chi connectivity index (χ0) is 19.1. The van der Waals surface area contributed by atoms with Crippen molar-refractivity contribution in [2.45, 2.75) is 122 Å². The van der Waals surface area contributed by atoms with E-state index in [1.165, 1.54) is 89.9 Å². The lowest BCUT2D eigenvalue weighted by Gasteiger charge is -2.02. The van der Waals surface area contributed by atoms with Crippen LogP contribution in [0.4, 0.5) is 0 Å². The minimum atomic E-state index is -0.732. The van der Waals surface area contributed by atoms with E-state index in [1.54, 1.807) is 0 Å². The Morgan fingerprint density at radius 3 is 1.81 bits per heavy atom. The number of aliphatic carboxylic acids is 1. The van der Waals surface area contributed by atoms with Gasteiger partial charge in [0.2, 0.25) is 0 Å². The normalized spacial score (nSPS) is 10.8. The fourth-order valence-corrected chi connectivity index (χ4v) is 3.03. The first-order valence-corrected chi connectivity index (χ1v) is 11.1. The number of hydrogen-bond acceptors (Lipinski definition) is 1. The van der Waals surface area contributed by atoms with Gasteiger partial charge in [0, 0.05) is 19.3 Å². The summed E-state index contributed by atoms with van der Waals surface area (Å²) in [5.41, 5.74) is 0. The molecule has 0 bridgehead atoms. The highest BCUT2D eigenvalue weighted by atomic mass is 16.4. The van der Waals surface area contributed by atoms with E-state index in [1.807, 2.05) is 0 Å². The fourth-order valence-electron chi connectivity index (χ4n) is 3.03. The SMILES string of the molecule is CCCCCCCCCCCCCCC/C=C/CC#CCCCC(=O)O. The maximum absolute atomic E-state index is 10.3. The Balaban J connectivity index is 3.17. The lowest BCUT2D eigenvalue weighted by Crippen LogP contribution is -1.92. The predicted molar refractivity (Wildman–Crippen MR) is 113 cm³/mol. The fraction of sp³-hybridized carbons (Fsp3) is 0.792. The van der Waals surface area contributed by atoms with Crippen LogP contribution in [0.2, 0.25) is 0 Å². The molecule has 0 atom stereocenters. The summed E-state index contributed by atoms with van der Waals surface area (Å²) in [6.07, 6.45) is 26.2. The van der Waals surface area contributed by atoms with Gasteiger partial charge in [0.25, 0.3) is 0 Å². The Labute approximate surface area is 162 Å². The Kier molecular flexibility index (Phi) is 20.8. The first kappa shape index (κ1) is 24.8. The van der Waals surface area contributed by atoms with E-state index >= 15 is 0 Å². The van der Waals surface area contributed by atoms with Crippen LogP contribution in [0.25, 0.3) is 0 Å². The van der Waals surface area contributed by atoms with Crippen LogP contribution in [0.15, 0.2) is 12.2 Å². The molecule has 0 unspecified atom stereocenters. The van der Waals surface area contributed by atoms with Gasteiger partial charge >= 0.3 is 5.97 Å². The summed E-state index contributed by atoms with van der Waals surface area (Å²) >= 11 is 0. The molecule has 0 aromatic heterocycles. The van der Waals surface area contributed by atoms with Gasteiger partial charge in [-0.2, -0.15) is 0 Å². The van der Waals surface area contributed by atoms with Gasteiger partial charge in [-0.3, -0.25) is 4.79 Å². The van der Waals surface area contributed by atoms with E-state index in [2.05, 4.69) is 30.9 Å². The molecule has 0 rings (SSSR count). The standard InChI is InChI=1S/C24H42O2/c1-2-3-4-5-6-7-8-9-10-11-12-13-14-15-16-17-18-19-20-21-22-23-24(25)26/h16-17H,2-15,18,21-23H2,1H3,(H,25,26)/b17-16+. The lowest BCUT2D eigenvalue weighted by molar-refractivity contribution is -0.137. The summed E-state index contributed by atoms with van der Waals surface area (Å²) in [7, 11) is 0. The van der Waals surface area contributed by atoms with Crippen LogP contribution in [0.5, 0.6) is 0 Å². The molecule has 0 aromatic rings. The Morgan fingerprint density at radius 2 is 1.27 bits per heavy atom. The first-order valence-electron chi connectivity index (χ1n) is 11.1. The zero-order valence-corrected chi connectivity index (χ0v) is 17.2. The monoisotopic (exact) mass is 362 g/mol. The Morgan fingerprint density at radius 1 is 0.731 bits per heavy atom. The molecule has 0 radical (unpaired) electrons. The predicted octanol–water partition coefficient (Wildman–Crippen LogP) is 7.67. The van der Waals surface area contributed by atoms with Gasteiger partial charge in [-0.05, 0) is 19.3 Å². The number of rotatable bonds is 18. The maximum Gasteiger partial charge on any atom is 0.303 e. The van der Waals surface area contributed by atoms with Gasteiger partial charge < -0.3 is 5.11 Å². The van der Waals surface area contributed by atoms with Crippen molar-refractivity contribution >= 4 is 5.97 Å². The van der Waals surface area contributed by atoms with Crippen molar-refractivity contribution in [3.05, 3.63) is 12.2 Å². The third kappa shape index (κ3) is 22.8. The molecule has 0 amide bonds. The van der Waals surface area contributed by atoms with E-state index in [4.69, 9.17) is 5.11 Å². The van der Waals surface area contributed by atoms with Crippen LogP contribution in [0, 0.1) is 11.8 Å². The second kappa shape index (κ2) is 21.8. The van der Waals surface area contributed by atoms with E-state index in [9.17, 15) is 4.79 Å². The van der Waals surface area contributed by atoms with Crippen molar-refractivity contribution in [3.63, 3.8) is 0 Å². The Hall–Kier alpha value is -1.23. The van der Waals surface area contributed by atoms with Crippen molar-refractivity contribution in [1.29, 1.82) is 0 Å². The number of carboxylic acid groups (broad SMARTS) is 1. The summed E-state index contributed by atoms with van der Waals surface area (Å²) in [4.78, 5) is 10.3. The van der Waals surface area contributed by atoms with Crippen LogP contribution in [-0.4, -0.2) is 11.1 Å². The summed E-state index contributed by atoms with van der Waals surface area (Å²) in [5, 5.41) is 8.51. The minimum absolute atomic E-state index is 0.226. The van der Waals surface area contributed by atoms with Crippen molar-refractivity contribution in [1.82, 2.24) is 0 Å². The molecule has 0 saturated heterocycles. The van der Waals surface area contributed by atoms with E-state index in [0.717, 1.165) is 6.42 Å². The van der Waals surface area contributed by atoms with Crippen LogP contribution < -0.4 is 0 Å². The van der Waals surface area contributed by atoms with Crippen molar-refractivity contribution in [3.8, 4) is 11.8 Å². The summed E-state index contributed by atoms with van der Waals surface area (Å²) in [5.74, 6) is 5.38. The lowest BCUT2D eigenvalue weighted by atomic mass is 10.0. The molecule has 2 nitrogen and oxygen atoms in total. The molecule has 0 aliphatic rings. The largest absolute Gasteiger partial charge is 0.481 e. The quantitative estimate of drug-likeness (QED) is 0.154. The zero-order valence-electron chi connectivity index (χ0n) is 17.2. The number of allylic oxidation sites excluding steroid dienone is 2. The highest BCUT2D eigenvalue weighted by Crippen LogP contribution is 2.13. The van der Waals surface area contributed by atoms with Crippen LogP contribution in [-0.2, 0) is 4.79 Å². The topological polar surface area (TPSA) is 37.3 Å². The van der Waals surface area contributed by atoms with Crippen molar-refractivity contribution in [2.75, 3.05) is 0 Å². The minimum Gasteiger partial charge on any atom is -0.481 e. The maximum atomic E-state index is 10.3. The van der Waals surface area contributed by atoms with Crippen LogP contribution >= 0.6 is 0 Å². The second-order valence-corrected chi connectivity index (χ2v) is 7.31. The molecule has 0 spiro atoms. The van der Waals surface area contributed by atoms with Gasteiger partial charge in [0.15, 0.2) is 0 Å². The molecular weight excluding hydrogens is 320 g/mol. The molecule has 0 saturated carbocycles. The molecular formula is C24H42O2. The smallest absolute Gasteiger partial charge is 0.303 e. The molecule has 26 heavy (non-hydrogen) atoms. The average Bonchev–Trinajstić information content (AvgIpc) is 2.62. The molecule has 0 heterocycles. The molecule has 0 aliphatic heterocycles. The van der Waals surface area contributed by atoms with E-state index in [-0.39, 0.29) is 6.42 Å². The van der Waals surface area contributed by atoms with Crippen molar-refractivity contribution < 1.29 is 9.90 Å².